The SMILES string of the molecule is Cn1cc(CC(N)C2(C)CCCCO2)nn1. The molecule has 5 nitrogen and oxygen atoms in total. The van der Waals surface area contributed by atoms with Crippen molar-refractivity contribution in [3.8, 4) is 0 Å². The van der Waals surface area contributed by atoms with Crippen LogP contribution < -0.4 is 5.73 Å². The summed E-state index contributed by atoms with van der Waals surface area (Å²) < 4.78 is 7.53. The van der Waals surface area contributed by atoms with Crippen LogP contribution in [0.3, 0.4) is 0 Å². The average molecular weight is 224 g/mol. The van der Waals surface area contributed by atoms with Gasteiger partial charge in [-0.25, -0.2) is 0 Å². The Kier molecular flexibility index (Phi) is 3.25. The van der Waals surface area contributed by atoms with Gasteiger partial charge in [-0.2, -0.15) is 0 Å². The lowest BCUT2D eigenvalue weighted by Crippen LogP contribution is -2.50. The highest BCUT2D eigenvalue weighted by atomic mass is 16.5. The number of hydrogen-bond donors (Lipinski definition) is 1. The molecule has 1 aromatic heterocycles. The van der Waals surface area contributed by atoms with E-state index >= 15 is 0 Å². The van der Waals surface area contributed by atoms with Crippen molar-refractivity contribution >= 4 is 0 Å². The number of rotatable bonds is 3. The molecule has 1 aliphatic rings. The van der Waals surface area contributed by atoms with Gasteiger partial charge in [0.15, 0.2) is 0 Å². The third kappa shape index (κ3) is 2.41. The minimum Gasteiger partial charge on any atom is -0.374 e. The van der Waals surface area contributed by atoms with Gasteiger partial charge < -0.3 is 10.5 Å². The van der Waals surface area contributed by atoms with Crippen molar-refractivity contribution in [2.24, 2.45) is 12.8 Å². The van der Waals surface area contributed by atoms with Gasteiger partial charge in [0.2, 0.25) is 0 Å². The fraction of sp³-hybridized carbons (Fsp3) is 0.818. The number of aryl methyl sites for hydroxylation is 1. The molecule has 2 N–H and O–H groups in total. The molecule has 2 atom stereocenters. The molecule has 2 unspecified atom stereocenters. The molecule has 0 radical (unpaired) electrons. The van der Waals surface area contributed by atoms with E-state index in [9.17, 15) is 0 Å². The quantitative estimate of drug-likeness (QED) is 0.818. The summed E-state index contributed by atoms with van der Waals surface area (Å²) >= 11 is 0. The predicted molar refractivity (Wildman–Crippen MR) is 60.9 cm³/mol. The zero-order valence-corrected chi connectivity index (χ0v) is 10.0. The summed E-state index contributed by atoms with van der Waals surface area (Å²) in [5, 5.41) is 7.97. The van der Waals surface area contributed by atoms with Crippen molar-refractivity contribution in [2.75, 3.05) is 6.61 Å². The molecular weight excluding hydrogens is 204 g/mol. The summed E-state index contributed by atoms with van der Waals surface area (Å²) in [6, 6.07) is -0.00972. The smallest absolute Gasteiger partial charge is 0.0843 e. The number of ether oxygens (including phenoxy) is 1. The molecule has 2 heterocycles. The van der Waals surface area contributed by atoms with Crippen LogP contribution >= 0.6 is 0 Å². The van der Waals surface area contributed by atoms with Crippen LogP contribution in [-0.2, 0) is 18.2 Å². The van der Waals surface area contributed by atoms with Crippen molar-refractivity contribution < 1.29 is 4.74 Å². The van der Waals surface area contributed by atoms with Gasteiger partial charge in [0.1, 0.15) is 0 Å². The third-order valence-corrected chi connectivity index (χ3v) is 3.36. The molecule has 16 heavy (non-hydrogen) atoms. The number of hydrogen-bond acceptors (Lipinski definition) is 4. The van der Waals surface area contributed by atoms with Crippen LogP contribution in [0.15, 0.2) is 6.20 Å². The van der Waals surface area contributed by atoms with E-state index in [1.54, 1.807) is 4.68 Å². The Morgan fingerprint density at radius 3 is 3.00 bits per heavy atom. The van der Waals surface area contributed by atoms with Gasteiger partial charge in [-0.1, -0.05) is 5.21 Å². The molecule has 1 fully saturated rings. The Morgan fingerprint density at radius 1 is 1.62 bits per heavy atom. The van der Waals surface area contributed by atoms with Gasteiger partial charge in [-0.3, -0.25) is 4.68 Å². The number of aromatic nitrogens is 3. The minimum atomic E-state index is -0.199. The molecule has 0 saturated carbocycles. The molecule has 0 bridgehead atoms. The second-order valence-corrected chi connectivity index (χ2v) is 4.81. The van der Waals surface area contributed by atoms with Gasteiger partial charge in [-0.15, -0.1) is 5.10 Å². The average Bonchev–Trinajstić information content (AvgIpc) is 2.65. The Hall–Kier alpha value is -0.940. The van der Waals surface area contributed by atoms with E-state index in [2.05, 4.69) is 17.2 Å². The zero-order chi connectivity index (χ0) is 11.6. The van der Waals surface area contributed by atoms with E-state index in [1.165, 1.54) is 6.42 Å². The minimum absolute atomic E-state index is 0.00972. The Balaban J connectivity index is 1.98. The number of nitrogens with two attached hydrogens (primary N) is 1. The summed E-state index contributed by atoms with van der Waals surface area (Å²) in [6.07, 6.45) is 6.02. The lowest BCUT2D eigenvalue weighted by atomic mass is 9.86. The summed E-state index contributed by atoms with van der Waals surface area (Å²) in [4.78, 5) is 0. The second kappa shape index (κ2) is 4.51. The maximum absolute atomic E-state index is 6.22. The lowest BCUT2D eigenvalue weighted by molar-refractivity contribution is -0.0809. The highest BCUT2D eigenvalue weighted by Crippen LogP contribution is 2.28. The lowest BCUT2D eigenvalue weighted by Gasteiger charge is -2.38. The molecule has 1 aromatic rings. The van der Waals surface area contributed by atoms with E-state index in [0.29, 0.717) is 0 Å². The summed E-state index contributed by atoms with van der Waals surface area (Å²) in [7, 11) is 1.86. The second-order valence-electron chi connectivity index (χ2n) is 4.81. The van der Waals surface area contributed by atoms with Gasteiger partial charge in [-0.05, 0) is 26.2 Å². The van der Waals surface area contributed by atoms with E-state index < -0.39 is 0 Å². The summed E-state index contributed by atoms with van der Waals surface area (Å²) in [5.41, 5.74) is 6.96. The third-order valence-electron chi connectivity index (χ3n) is 3.36. The van der Waals surface area contributed by atoms with Crippen LogP contribution in [-0.4, -0.2) is 33.2 Å². The van der Waals surface area contributed by atoms with E-state index in [1.807, 2.05) is 13.2 Å². The Labute approximate surface area is 96.0 Å². The van der Waals surface area contributed by atoms with Crippen LogP contribution in [0.4, 0.5) is 0 Å². The monoisotopic (exact) mass is 224 g/mol. The van der Waals surface area contributed by atoms with Crippen molar-refractivity contribution in [1.82, 2.24) is 15.0 Å². The largest absolute Gasteiger partial charge is 0.374 e. The molecule has 0 aliphatic carbocycles. The van der Waals surface area contributed by atoms with E-state index in [4.69, 9.17) is 10.5 Å². The van der Waals surface area contributed by atoms with Crippen molar-refractivity contribution in [2.45, 2.75) is 44.2 Å². The van der Waals surface area contributed by atoms with Gasteiger partial charge in [0.25, 0.3) is 0 Å². The topological polar surface area (TPSA) is 66.0 Å². The number of nitrogens with zero attached hydrogens (tertiary/aromatic N) is 3. The predicted octanol–water partition coefficient (Wildman–Crippen LogP) is 0.644. The van der Waals surface area contributed by atoms with Crippen molar-refractivity contribution in [1.29, 1.82) is 0 Å². The van der Waals surface area contributed by atoms with Crippen LogP contribution in [0.2, 0.25) is 0 Å². The van der Waals surface area contributed by atoms with Crippen LogP contribution in [0.1, 0.15) is 31.9 Å². The highest BCUT2D eigenvalue weighted by molar-refractivity contribution is 5.01. The van der Waals surface area contributed by atoms with Crippen molar-refractivity contribution in [3.63, 3.8) is 0 Å². The van der Waals surface area contributed by atoms with Crippen LogP contribution in [0.25, 0.3) is 0 Å². The fourth-order valence-electron chi connectivity index (χ4n) is 2.18. The molecule has 5 heteroatoms. The standard InChI is InChI=1S/C11H20N4O/c1-11(5-3-4-6-16-11)10(12)7-9-8-15(2)14-13-9/h8,10H,3-7,12H2,1-2H3. The van der Waals surface area contributed by atoms with Crippen molar-refractivity contribution in [3.05, 3.63) is 11.9 Å². The first-order valence-electron chi connectivity index (χ1n) is 5.85. The molecule has 0 aromatic carbocycles. The summed E-state index contributed by atoms with van der Waals surface area (Å²) in [6.45, 7) is 2.93. The highest BCUT2D eigenvalue weighted by Gasteiger charge is 2.34. The molecule has 2 rings (SSSR count). The van der Waals surface area contributed by atoms with E-state index in [-0.39, 0.29) is 11.6 Å². The molecular formula is C11H20N4O. The first-order valence-corrected chi connectivity index (χ1v) is 5.85. The fourth-order valence-corrected chi connectivity index (χ4v) is 2.18. The summed E-state index contributed by atoms with van der Waals surface area (Å²) in [5.74, 6) is 0. The maximum Gasteiger partial charge on any atom is 0.0843 e. The Bertz CT molecular complexity index is 344. The normalized spacial score (nSPS) is 27.9. The first kappa shape index (κ1) is 11.5. The molecule has 1 saturated heterocycles. The molecule has 0 amide bonds. The van der Waals surface area contributed by atoms with E-state index in [0.717, 1.165) is 31.6 Å². The Morgan fingerprint density at radius 2 is 2.44 bits per heavy atom. The molecule has 0 spiro atoms. The van der Waals surface area contributed by atoms with Crippen LogP contribution in [0, 0.1) is 0 Å². The maximum atomic E-state index is 6.22. The first-order chi connectivity index (χ1) is 7.60. The van der Waals surface area contributed by atoms with Gasteiger partial charge in [0.05, 0.1) is 11.3 Å². The zero-order valence-electron chi connectivity index (χ0n) is 10.0. The molecule has 1 aliphatic heterocycles. The molecule has 90 valence electrons. The van der Waals surface area contributed by atoms with Crippen LogP contribution in [0.5, 0.6) is 0 Å². The van der Waals surface area contributed by atoms with Gasteiger partial charge >= 0.3 is 0 Å². The van der Waals surface area contributed by atoms with Gasteiger partial charge in [0, 0.05) is 32.3 Å².